The van der Waals surface area contributed by atoms with Crippen molar-refractivity contribution in [1.29, 1.82) is 0 Å². The molecule has 0 aromatic carbocycles. The van der Waals surface area contributed by atoms with Crippen LogP contribution in [0.5, 0.6) is 0 Å². The minimum atomic E-state index is -0.374. The van der Waals surface area contributed by atoms with Gasteiger partial charge in [-0.05, 0) is 74.6 Å². The number of rotatable bonds is 3. The van der Waals surface area contributed by atoms with E-state index in [1.165, 1.54) is 6.42 Å². The summed E-state index contributed by atoms with van der Waals surface area (Å²) in [5, 5.41) is 0. The zero-order chi connectivity index (χ0) is 17.8. The van der Waals surface area contributed by atoms with E-state index in [4.69, 9.17) is 11.6 Å². The minimum Gasteiger partial charge on any atom is -0.273 e. The summed E-state index contributed by atoms with van der Waals surface area (Å²) in [6.45, 7) is 0. The highest BCUT2D eigenvalue weighted by Crippen LogP contribution is 2.64. The van der Waals surface area contributed by atoms with Crippen LogP contribution in [0.3, 0.4) is 0 Å². The minimum absolute atomic E-state index is 0.119. The molecule has 134 valence electrons. The molecule has 4 aliphatic rings. The molecule has 2 aromatic rings. The summed E-state index contributed by atoms with van der Waals surface area (Å²) < 4.78 is 0. The number of amides is 1. The van der Waals surface area contributed by atoms with E-state index in [1.807, 2.05) is 36.4 Å². The summed E-state index contributed by atoms with van der Waals surface area (Å²) >= 11 is 6.96. The monoisotopic (exact) mass is 367 g/mol. The molecule has 2 atom stereocenters. The molecule has 4 bridgehead atoms. The van der Waals surface area contributed by atoms with Crippen molar-refractivity contribution in [3.8, 4) is 0 Å². The van der Waals surface area contributed by atoms with Gasteiger partial charge in [0.1, 0.15) is 11.6 Å². The Labute approximate surface area is 158 Å². The molecule has 0 radical (unpaired) electrons. The van der Waals surface area contributed by atoms with E-state index in [2.05, 4.69) is 9.97 Å². The van der Waals surface area contributed by atoms with Gasteiger partial charge in [-0.1, -0.05) is 12.1 Å². The molecule has 5 heteroatoms. The quantitative estimate of drug-likeness (QED) is 0.737. The van der Waals surface area contributed by atoms with E-state index in [9.17, 15) is 4.79 Å². The molecule has 0 spiro atoms. The molecule has 4 saturated carbocycles. The first-order valence-electron chi connectivity index (χ1n) is 9.43. The zero-order valence-corrected chi connectivity index (χ0v) is 15.4. The van der Waals surface area contributed by atoms with Crippen molar-refractivity contribution in [2.45, 2.75) is 43.4 Å². The topological polar surface area (TPSA) is 46.1 Å². The Bertz CT molecular complexity index is 772. The maximum absolute atomic E-state index is 13.9. The molecule has 4 fully saturated rings. The standard InChI is InChI=1S/C21H22ClN3O/c22-21-12-15-9-16(13-21)11-20(10-15,14-21)19(26)25(17-5-1-3-7-23-17)18-6-2-4-8-24-18/h1-8,15-16H,9-14H2/t15-,16-,20?,21?/m1/s1. The molecule has 0 unspecified atom stereocenters. The molecule has 0 N–H and O–H groups in total. The summed E-state index contributed by atoms with van der Waals surface area (Å²) in [5.74, 6) is 2.54. The second-order valence-electron chi connectivity index (χ2n) is 8.41. The van der Waals surface area contributed by atoms with Crippen LogP contribution < -0.4 is 4.90 Å². The van der Waals surface area contributed by atoms with Gasteiger partial charge < -0.3 is 0 Å². The number of hydrogen-bond donors (Lipinski definition) is 0. The van der Waals surface area contributed by atoms with Gasteiger partial charge in [-0.25, -0.2) is 14.9 Å². The van der Waals surface area contributed by atoms with Gasteiger partial charge in [-0.3, -0.25) is 4.79 Å². The van der Waals surface area contributed by atoms with Gasteiger partial charge in [0.15, 0.2) is 0 Å². The van der Waals surface area contributed by atoms with Crippen molar-refractivity contribution >= 4 is 29.1 Å². The zero-order valence-electron chi connectivity index (χ0n) is 14.6. The van der Waals surface area contributed by atoms with Crippen LogP contribution in [-0.4, -0.2) is 20.7 Å². The first-order valence-corrected chi connectivity index (χ1v) is 9.80. The number of anilines is 2. The van der Waals surface area contributed by atoms with Gasteiger partial charge in [0, 0.05) is 17.3 Å². The summed E-state index contributed by atoms with van der Waals surface area (Å²) in [6.07, 6.45) is 9.49. The molecular formula is C21H22ClN3O. The van der Waals surface area contributed by atoms with Gasteiger partial charge in [0.2, 0.25) is 5.91 Å². The third kappa shape index (κ3) is 2.54. The van der Waals surface area contributed by atoms with Crippen molar-refractivity contribution in [1.82, 2.24) is 9.97 Å². The number of hydrogen-bond acceptors (Lipinski definition) is 3. The summed E-state index contributed by atoms with van der Waals surface area (Å²) in [7, 11) is 0. The van der Waals surface area contributed by atoms with Crippen LogP contribution in [0.1, 0.15) is 38.5 Å². The molecule has 1 amide bonds. The second-order valence-corrected chi connectivity index (χ2v) is 9.21. The normalized spacial score (nSPS) is 34.7. The number of carbonyl (C=O) groups excluding carboxylic acids is 1. The number of alkyl halides is 1. The number of pyridine rings is 2. The van der Waals surface area contributed by atoms with Gasteiger partial charge >= 0.3 is 0 Å². The average Bonchev–Trinajstić information content (AvgIpc) is 2.62. The molecule has 4 aliphatic carbocycles. The molecule has 6 rings (SSSR count). The van der Waals surface area contributed by atoms with Crippen LogP contribution in [0, 0.1) is 17.3 Å². The molecule has 26 heavy (non-hydrogen) atoms. The molecule has 4 nitrogen and oxygen atoms in total. The van der Waals surface area contributed by atoms with E-state index in [1.54, 1.807) is 17.3 Å². The van der Waals surface area contributed by atoms with Crippen LogP contribution >= 0.6 is 11.6 Å². The number of aromatic nitrogens is 2. The van der Waals surface area contributed by atoms with Crippen LogP contribution in [0.25, 0.3) is 0 Å². The lowest BCUT2D eigenvalue weighted by Crippen LogP contribution is -2.58. The van der Waals surface area contributed by atoms with Crippen molar-refractivity contribution in [2.24, 2.45) is 17.3 Å². The van der Waals surface area contributed by atoms with E-state index in [-0.39, 0.29) is 16.2 Å². The van der Waals surface area contributed by atoms with Crippen LogP contribution in [0.4, 0.5) is 11.6 Å². The lowest BCUT2D eigenvalue weighted by molar-refractivity contribution is -0.140. The van der Waals surface area contributed by atoms with Crippen molar-refractivity contribution < 1.29 is 4.79 Å². The summed E-state index contributed by atoms with van der Waals surface area (Å²) in [6, 6.07) is 11.3. The first-order chi connectivity index (χ1) is 12.6. The summed E-state index contributed by atoms with van der Waals surface area (Å²) in [5.41, 5.74) is -0.374. The predicted octanol–water partition coefficient (Wildman–Crippen LogP) is 4.72. The Balaban J connectivity index is 1.58. The highest BCUT2D eigenvalue weighted by atomic mass is 35.5. The highest BCUT2D eigenvalue weighted by Gasteiger charge is 2.61. The van der Waals surface area contributed by atoms with Gasteiger partial charge in [-0.15, -0.1) is 11.6 Å². The molecular weight excluding hydrogens is 346 g/mol. The van der Waals surface area contributed by atoms with E-state index in [0.717, 1.165) is 32.1 Å². The van der Waals surface area contributed by atoms with Crippen molar-refractivity contribution in [2.75, 3.05) is 4.90 Å². The Morgan fingerprint density at radius 1 is 0.962 bits per heavy atom. The second kappa shape index (κ2) is 5.78. The van der Waals surface area contributed by atoms with Gasteiger partial charge in [0.05, 0.1) is 5.41 Å². The van der Waals surface area contributed by atoms with Gasteiger partial charge in [0.25, 0.3) is 0 Å². The Morgan fingerprint density at radius 2 is 1.54 bits per heavy atom. The molecule has 2 heterocycles. The molecule has 2 aromatic heterocycles. The van der Waals surface area contributed by atoms with Crippen molar-refractivity contribution in [3.63, 3.8) is 0 Å². The lowest BCUT2D eigenvalue weighted by Gasteiger charge is -2.59. The number of carbonyl (C=O) groups is 1. The van der Waals surface area contributed by atoms with E-state index < -0.39 is 0 Å². The maximum Gasteiger partial charge on any atom is 0.240 e. The summed E-state index contributed by atoms with van der Waals surface area (Å²) in [4.78, 5) is 24.4. The van der Waals surface area contributed by atoms with Crippen LogP contribution in [-0.2, 0) is 4.79 Å². The third-order valence-electron chi connectivity index (χ3n) is 6.40. The Hall–Kier alpha value is -1.94. The smallest absolute Gasteiger partial charge is 0.240 e. The Morgan fingerprint density at radius 3 is 2.00 bits per heavy atom. The SMILES string of the molecule is O=C(N(c1ccccn1)c1ccccn1)C12C[C@H]3C[C@@H](CC(Cl)(C3)C1)C2. The fourth-order valence-corrected chi connectivity index (χ4v) is 6.63. The maximum atomic E-state index is 13.9. The fraction of sp³-hybridized carbons (Fsp3) is 0.476. The van der Waals surface area contributed by atoms with Crippen LogP contribution in [0.2, 0.25) is 0 Å². The Kier molecular flexibility index (Phi) is 3.61. The fourth-order valence-electron chi connectivity index (χ4n) is 5.94. The lowest BCUT2D eigenvalue weighted by atomic mass is 9.49. The largest absolute Gasteiger partial charge is 0.273 e. The van der Waals surface area contributed by atoms with E-state index >= 15 is 0 Å². The molecule has 0 aliphatic heterocycles. The number of halogens is 1. The first kappa shape index (κ1) is 16.2. The molecule has 0 saturated heterocycles. The highest BCUT2D eigenvalue weighted by molar-refractivity contribution is 6.24. The van der Waals surface area contributed by atoms with E-state index in [0.29, 0.717) is 23.5 Å². The average molecular weight is 368 g/mol. The predicted molar refractivity (Wildman–Crippen MR) is 101 cm³/mol. The van der Waals surface area contributed by atoms with Crippen molar-refractivity contribution in [3.05, 3.63) is 48.8 Å². The third-order valence-corrected chi connectivity index (χ3v) is 6.85. The van der Waals surface area contributed by atoms with Crippen LogP contribution in [0.15, 0.2) is 48.8 Å². The number of nitrogens with zero attached hydrogens (tertiary/aromatic N) is 3. The van der Waals surface area contributed by atoms with Gasteiger partial charge in [-0.2, -0.15) is 0 Å².